The van der Waals surface area contributed by atoms with Gasteiger partial charge in [-0.1, -0.05) is 26.3 Å². The molecule has 0 spiro atoms. The lowest BCUT2D eigenvalue weighted by Crippen LogP contribution is -2.51. The molecule has 1 unspecified atom stereocenters. The van der Waals surface area contributed by atoms with Crippen LogP contribution in [0.4, 0.5) is 0 Å². The van der Waals surface area contributed by atoms with Crippen LogP contribution in [0.15, 0.2) is 23.1 Å². The fourth-order valence-electron chi connectivity index (χ4n) is 3.87. The number of carbonyl (C=O) groups is 1. The van der Waals surface area contributed by atoms with Crippen molar-refractivity contribution in [3.05, 3.63) is 29.3 Å². The van der Waals surface area contributed by atoms with Gasteiger partial charge in [-0.15, -0.1) is 0 Å². The first-order valence-corrected chi connectivity index (χ1v) is 10.8. The van der Waals surface area contributed by atoms with Crippen LogP contribution in [-0.4, -0.2) is 49.7 Å². The highest BCUT2D eigenvalue weighted by molar-refractivity contribution is 7.89. The highest BCUT2D eigenvalue weighted by atomic mass is 32.2. The number of sulfonamides is 1. The highest BCUT2D eigenvalue weighted by Gasteiger charge is 2.31. The van der Waals surface area contributed by atoms with E-state index in [1.165, 1.54) is 15.4 Å². The Kier molecular flexibility index (Phi) is 5.49. The second-order valence-corrected chi connectivity index (χ2v) is 9.14. The number of fused-ring (bicyclic) bond motifs is 1. The van der Waals surface area contributed by atoms with Gasteiger partial charge >= 0.3 is 0 Å². The maximum atomic E-state index is 12.9. The van der Waals surface area contributed by atoms with E-state index in [0.717, 1.165) is 32.1 Å². The number of rotatable bonds is 5. The first-order chi connectivity index (χ1) is 11.9. The number of aryl methyl sites for hydroxylation is 2. The van der Waals surface area contributed by atoms with E-state index >= 15 is 0 Å². The van der Waals surface area contributed by atoms with Gasteiger partial charge in [0.1, 0.15) is 0 Å². The molecule has 1 fully saturated rings. The van der Waals surface area contributed by atoms with E-state index < -0.39 is 10.0 Å². The van der Waals surface area contributed by atoms with Gasteiger partial charge in [-0.25, -0.2) is 8.42 Å². The van der Waals surface area contributed by atoms with Crippen LogP contribution in [0.1, 0.15) is 44.2 Å². The van der Waals surface area contributed by atoms with Crippen molar-refractivity contribution in [1.82, 2.24) is 9.21 Å². The van der Waals surface area contributed by atoms with Gasteiger partial charge in [-0.3, -0.25) is 4.79 Å². The quantitative estimate of drug-likeness (QED) is 0.806. The summed E-state index contributed by atoms with van der Waals surface area (Å²) in [5.74, 6) is 0.168. The molecule has 1 atom stereocenters. The number of carbonyl (C=O) groups excluding carboxylic acids is 1. The van der Waals surface area contributed by atoms with Gasteiger partial charge in [-0.05, 0) is 48.9 Å². The predicted molar refractivity (Wildman–Crippen MR) is 97.9 cm³/mol. The molecule has 1 aromatic rings. The third kappa shape index (κ3) is 3.75. The summed E-state index contributed by atoms with van der Waals surface area (Å²) in [6.45, 7) is 5.76. The van der Waals surface area contributed by atoms with Crippen LogP contribution in [0.3, 0.4) is 0 Å². The van der Waals surface area contributed by atoms with Crippen molar-refractivity contribution in [3.8, 4) is 0 Å². The molecule has 1 aromatic carbocycles. The Morgan fingerprint density at radius 3 is 2.48 bits per heavy atom. The third-order valence-corrected chi connectivity index (χ3v) is 7.30. The van der Waals surface area contributed by atoms with Crippen LogP contribution in [0.5, 0.6) is 0 Å². The third-order valence-electron chi connectivity index (χ3n) is 5.40. The first kappa shape index (κ1) is 18.4. The lowest BCUT2D eigenvalue weighted by Gasteiger charge is -2.35. The summed E-state index contributed by atoms with van der Waals surface area (Å²) in [5, 5.41) is 0. The molecule has 5 nitrogen and oxygen atoms in total. The molecular formula is C19H28N2O3S. The molecule has 3 rings (SSSR count). The first-order valence-electron chi connectivity index (χ1n) is 9.34. The van der Waals surface area contributed by atoms with Crippen molar-refractivity contribution in [1.29, 1.82) is 0 Å². The number of nitrogens with zero attached hydrogens (tertiary/aromatic N) is 2. The molecule has 138 valence electrons. The van der Waals surface area contributed by atoms with E-state index in [9.17, 15) is 13.2 Å². The molecule has 1 aliphatic carbocycles. The summed E-state index contributed by atoms with van der Waals surface area (Å²) in [6.07, 6.45) is 4.99. The van der Waals surface area contributed by atoms with Gasteiger partial charge in [-0.2, -0.15) is 4.31 Å². The van der Waals surface area contributed by atoms with Gasteiger partial charge in [0.15, 0.2) is 0 Å². The second kappa shape index (κ2) is 7.46. The van der Waals surface area contributed by atoms with Gasteiger partial charge in [0, 0.05) is 32.1 Å². The number of hydrogen-bond donors (Lipinski definition) is 0. The number of benzene rings is 1. The Balaban J connectivity index is 1.67. The summed E-state index contributed by atoms with van der Waals surface area (Å²) in [6, 6.07) is 5.54. The molecule has 1 saturated heterocycles. The molecule has 6 heteroatoms. The van der Waals surface area contributed by atoms with Crippen LogP contribution >= 0.6 is 0 Å². The largest absolute Gasteiger partial charge is 0.340 e. The lowest BCUT2D eigenvalue weighted by molar-refractivity contribution is -0.136. The monoisotopic (exact) mass is 364 g/mol. The van der Waals surface area contributed by atoms with Crippen molar-refractivity contribution in [2.24, 2.45) is 5.92 Å². The number of amides is 1. The van der Waals surface area contributed by atoms with E-state index in [1.54, 1.807) is 6.07 Å². The van der Waals surface area contributed by atoms with Crippen molar-refractivity contribution in [2.45, 2.75) is 50.8 Å². The summed E-state index contributed by atoms with van der Waals surface area (Å²) in [5.41, 5.74) is 2.45. The van der Waals surface area contributed by atoms with E-state index in [1.807, 2.05) is 24.0 Å². The fourth-order valence-corrected chi connectivity index (χ4v) is 5.35. The molecule has 0 N–H and O–H groups in total. The zero-order valence-corrected chi connectivity index (χ0v) is 16.0. The predicted octanol–water partition coefficient (Wildman–Crippen LogP) is 2.44. The minimum Gasteiger partial charge on any atom is -0.340 e. The summed E-state index contributed by atoms with van der Waals surface area (Å²) in [4.78, 5) is 14.6. The van der Waals surface area contributed by atoms with Crippen molar-refractivity contribution < 1.29 is 13.2 Å². The Morgan fingerprint density at radius 2 is 1.80 bits per heavy atom. The SMILES string of the molecule is CCCC(C)C(=O)N1CCN(S(=O)(=O)c2ccc3c(c2)CCC3)CC1. The average Bonchev–Trinajstić information content (AvgIpc) is 3.09. The second-order valence-electron chi connectivity index (χ2n) is 7.20. The molecule has 0 radical (unpaired) electrons. The Bertz CT molecular complexity index is 737. The highest BCUT2D eigenvalue weighted by Crippen LogP contribution is 2.27. The number of hydrogen-bond acceptors (Lipinski definition) is 3. The van der Waals surface area contributed by atoms with E-state index in [-0.39, 0.29) is 11.8 Å². The van der Waals surface area contributed by atoms with Crippen molar-refractivity contribution in [2.75, 3.05) is 26.2 Å². The molecular weight excluding hydrogens is 336 g/mol. The Hall–Kier alpha value is -1.40. The Labute approximate surface area is 151 Å². The zero-order chi connectivity index (χ0) is 18.0. The molecule has 0 aromatic heterocycles. The zero-order valence-electron chi connectivity index (χ0n) is 15.2. The summed E-state index contributed by atoms with van der Waals surface area (Å²) < 4.78 is 27.4. The normalized spacial score (nSPS) is 19.7. The fraction of sp³-hybridized carbons (Fsp3) is 0.632. The van der Waals surface area contributed by atoms with Crippen LogP contribution in [-0.2, 0) is 27.7 Å². The maximum Gasteiger partial charge on any atom is 0.243 e. The molecule has 1 heterocycles. The smallest absolute Gasteiger partial charge is 0.243 e. The maximum absolute atomic E-state index is 12.9. The van der Waals surface area contributed by atoms with Crippen LogP contribution in [0, 0.1) is 5.92 Å². The summed E-state index contributed by atoms with van der Waals surface area (Å²) >= 11 is 0. The Morgan fingerprint density at radius 1 is 1.12 bits per heavy atom. The molecule has 0 bridgehead atoms. The van der Waals surface area contributed by atoms with E-state index in [0.29, 0.717) is 31.1 Å². The van der Waals surface area contributed by atoms with Crippen molar-refractivity contribution >= 4 is 15.9 Å². The molecule has 2 aliphatic rings. The van der Waals surface area contributed by atoms with Gasteiger partial charge < -0.3 is 4.90 Å². The average molecular weight is 365 g/mol. The molecule has 1 aliphatic heterocycles. The van der Waals surface area contributed by atoms with Gasteiger partial charge in [0.2, 0.25) is 15.9 Å². The van der Waals surface area contributed by atoms with Crippen molar-refractivity contribution in [3.63, 3.8) is 0 Å². The van der Waals surface area contributed by atoms with Gasteiger partial charge in [0.25, 0.3) is 0 Å². The van der Waals surface area contributed by atoms with Crippen LogP contribution in [0.25, 0.3) is 0 Å². The minimum atomic E-state index is -3.47. The topological polar surface area (TPSA) is 57.7 Å². The van der Waals surface area contributed by atoms with Gasteiger partial charge in [0.05, 0.1) is 4.90 Å². The molecule has 0 saturated carbocycles. The standard InChI is InChI=1S/C19H28N2O3S/c1-3-5-15(2)19(22)20-10-12-21(13-11-20)25(23,24)18-9-8-16-6-4-7-17(16)14-18/h8-9,14-15H,3-7,10-13H2,1-2H3. The lowest BCUT2D eigenvalue weighted by atomic mass is 10.0. The van der Waals surface area contributed by atoms with E-state index in [2.05, 4.69) is 6.92 Å². The minimum absolute atomic E-state index is 0.0184. The van der Waals surface area contributed by atoms with Crippen LogP contribution in [0.2, 0.25) is 0 Å². The molecule has 25 heavy (non-hydrogen) atoms. The van der Waals surface area contributed by atoms with Crippen LogP contribution < -0.4 is 0 Å². The van der Waals surface area contributed by atoms with E-state index in [4.69, 9.17) is 0 Å². The summed E-state index contributed by atoms with van der Waals surface area (Å²) in [7, 11) is -3.47. The molecule has 1 amide bonds. The number of piperazine rings is 1.